The van der Waals surface area contributed by atoms with Crippen LogP contribution in [0.4, 0.5) is 11.4 Å². The zero-order chi connectivity index (χ0) is 18.0. The maximum atomic E-state index is 12.5. The van der Waals surface area contributed by atoms with Crippen molar-refractivity contribution in [1.82, 2.24) is 9.55 Å². The highest BCUT2D eigenvalue weighted by Crippen LogP contribution is 2.21. The molecule has 9 heteroatoms. The molecule has 0 saturated carbocycles. The predicted molar refractivity (Wildman–Crippen MR) is 95.4 cm³/mol. The first kappa shape index (κ1) is 16.8. The normalized spacial score (nSPS) is 10.6. The zero-order valence-corrected chi connectivity index (χ0v) is 14.3. The number of nitro groups is 1. The van der Waals surface area contributed by atoms with Crippen LogP contribution in [0.15, 0.2) is 58.1 Å². The predicted octanol–water partition coefficient (Wildman–Crippen LogP) is 2.71. The minimum atomic E-state index is -0.587. The first-order chi connectivity index (χ1) is 12.0. The van der Waals surface area contributed by atoms with Crippen LogP contribution in [0.2, 0.25) is 0 Å². The van der Waals surface area contributed by atoms with Crippen LogP contribution in [0.1, 0.15) is 0 Å². The smallest absolute Gasteiger partial charge is 0.270 e. The van der Waals surface area contributed by atoms with Gasteiger partial charge in [0.05, 0.1) is 27.8 Å². The van der Waals surface area contributed by atoms with Crippen molar-refractivity contribution in [3.05, 3.63) is 73.7 Å². The van der Waals surface area contributed by atoms with Gasteiger partial charge in [-0.25, -0.2) is 4.98 Å². The van der Waals surface area contributed by atoms with Crippen LogP contribution in [-0.4, -0.2) is 20.4 Å². The van der Waals surface area contributed by atoms with Crippen LogP contribution in [0.3, 0.4) is 0 Å². The Balaban J connectivity index is 1.90. The van der Waals surface area contributed by atoms with Crippen molar-refractivity contribution in [2.45, 2.75) is 6.54 Å². The summed E-state index contributed by atoms with van der Waals surface area (Å²) in [5, 5.41) is 13.6. The standard InChI is InChI=1S/C16H11BrN4O4/c17-12-3-1-2-4-14(12)19-15(22)8-20-9-18-13-6-5-10(21(24)25)7-11(13)16(20)23/h1-7,9H,8H2,(H,19,22). The zero-order valence-electron chi connectivity index (χ0n) is 12.7. The highest BCUT2D eigenvalue weighted by Gasteiger charge is 2.13. The number of aromatic nitrogens is 2. The maximum absolute atomic E-state index is 12.5. The fourth-order valence-corrected chi connectivity index (χ4v) is 2.66. The van der Waals surface area contributed by atoms with Gasteiger partial charge in [0, 0.05) is 16.6 Å². The number of amides is 1. The summed E-state index contributed by atoms with van der Waals surface area (Å²) in [5.41, 5.74) is 0.181. The highest BCUT2D eigenvalue weighted by atomic mass is 79.9. The third kappa shape index (κ3) is 3.56. The Labute approximate surface area is 149 Å². The fourth-order valence-electron chi connectivity index (χ4n) is 2.28. The second-order valence-corrected chi connectivity index (χ2v) is 6.02. The molecule has 0 atom stereocenters. The minimum absolute atomic E-state index is 0.0883. The molecule has 1 aromatic heterocycles. The third-order valence-corrected chi connectivity index (χ3v) is 4.17. The summed E-state index contributed by atoms with van der Waals surface area (Å²) in [6, 6.07) is 10.9. The summed E-state index contributed by atoms with van der Waals surface area (Å²) in [4.78, 5) is 39.0. The number of para-hydroxylation sites is 1. The van der Waals surface area contributed by atoms with Gasteiger partial charge in [0.25, 0.3) is 11.2 Å². The van der Waals surface area contributed by atoms with Crippen molar-refractivity contribution in [3.63, 3.8) is 0 Å². The number of fused-ring (bicyclic) bond motifs is 1. The lowest BCUT2D eigenvalue weighted by Crippen LogP contribution is -2.28. The number of nitrogens with one attached hydrogen (secondary N) is 1. The van der Waals surface area contributed by atoms with Crippen molar-refractivity contribution in [2.24, 2.45) is 0 Å². The Bertz CT molecular complexity index is 1050. The molecule has 0 aliphatic heterocycles. The average Bonchev–Trinajstić information content (AvgIpc) is 2.59. The first-order valence-corrected chi connectivity index (χ1v) is 7.93. The lowest BCUT2D eigenvalue weighted by atomic mass is 10.2. The Morgan fingerprint density at radius 2 is 2.04 bits per heavy atom. The van der Waals surface area contributed by atoms with Gasteiger partial charge in [-0.3, -0.25) is 24.3 Å². The van der Waals surface area contributed by atoms with Crippen molar-refractivity contribution in [3.8, 4) is 0 Å². The number of anilines is 1. The van der Waals surface area contributed by atoms with Gasteiger partial charge in [-0.05, 0) is 34.1 Å². The number of carbonyl (C=O) groups excluding carboxylic acids is 1. The van der Waals surface area contributed by atoms with Gasteiger partial charge in [-0.1, -0.05) is 12.1 Å². The molecule has 3 aromatic rings. The van der Waals surface area contributed by atoms with E-state index < -0.39 is 16.4 Å². The van der Waals surface area contributed by atoms with Gasteiger partial charge in [-0.15, -0.1) is 0 Å². The Morgan fingerprint density at radius 1 is 1.28 bits per heavy atom. The molecular formula is C16H11BrN4O4. The molecule has 1 heterocycles. The summed E-state index contributed by atoms with van der Waals surface area (Å²) in [5.74, 6) is -0.416. The van der Waals surface area contributed by atoms with Gasteiger partial charge in [-0.2, -0.15) is 0 Å². The minimum Gasteiger partial charge on any atom is -0.324 e. The van der Waals surface area contributed by atoms with Crippen LogP contribution >= 0.6 is 15.9 Å². The number of benzene rings is 2. The summed E-state index contributed by atoms with van der Waals surface area (Å²) in [6.07, 6.45) is 1.25. The third-order valence-electron chi connectivity index (χ3n) is 3.48. The van der Waals surface area contributed by atoms with E-state index >= 15 is 0 Å². The lowest BCUT2D eigenvalue weighted by Gasteiger charge is -2.09. The molecule has 0 bridgehead atoms. The van der Waals surface area contributed by atoms with E-state index in [1.54, 1.807) is 18.2 Å². The fraction of sp³-hybridized carbons (Fsp3) is 0.0625. The number of halogens is 1. The Morgan fingerprint density at radius 3 is 2.76 bits per heavy atom. The van der Waals surface area contributed by atoms with Crippen LogP contribution < -0.4 is 10.9 Å². The molecule has 0 saturated heterocycles. The molecule has 3 rings (SSSR count). The second kappa shape index (κ2) is 6.81. The molecule has 126 valence electrons. The topological polar surface area (TPSA) is 107 Å². The molecule has 0 unspecified atom stereocenters. The summed E-state index contributed by atoms with van der Waals surface area (Å²) in [7, 11) is 0. The van der Waals surface area contributed by atoms with Crippen molar-refractivity contribution < 1.29 is 9.72 Å². The van der Waals surface area contributed by atoms with Crippen LogP contribution in [-0.2, 0) is 11.3 Å². The molecule has 1 amide bonds. The van der Waals surface area contributed by atoms with Gasteiger partial charge in [0.2, 0.25) is 5.91 Å². The van der Waals surface area contributed by atoms with Crippen LogP contribution in [0.5, 0.6) is 0 Å². The highest BCUT2D eigenvalue weighted by molar-refractivity contribution is 9.10. The number of non-ortho nitro benzene ring substituents is 1. The van der Waals surface area contributed by atoms with E-state index in [9.17, 15) is 19.7 Å². The molecule has 1 N–H and O–H groups in total. The number of rotatable bonds is 4. The molecule has 0 aliphatic carbocycles. The Kier molecular flexibility index (Phi) is 4.57. The van der Waals surface area contributed by atoms with E-state index in [4.69, 9.17) is 0 Å². The first-order valence-electron chi connectivity index (χ1n) is 7.13. The van der Waals surface area contributed by atoms with Crippen molar-refractivity contribution >= 4 is 44.1 Å². The molecule has 2 aromatic carbocycles. The molecule has 0 aliphatic rings. The van der Waals surface area contributed by atoms with Gasteiger partial charge < -0.3 is 5.32 Å². The molecule has 0 fully saturated rings. The largest absolute Gasteiger partial charge is 0.324 e. The maximum Gasteiger partial charge on any atom is 0.270 e. The van der Waals surface area contributed by atoms with Gasteiger partial charge in [0.1, 0.15) is 6.54 Å². The number of nitrogens with zero attached hydrogens (tertiary/aromatic N) is 3. The van der Waals surface area contributed by atoms with E-state index in [1.807, 2.05) is 6.07 Å². The van der Waals surface area contributed by atoms with E-state index in [0.717, 1.165) is 10.6 Å². The van der Waals surface area contributed by atoms with E-state index in [0.29, 0.717) is 15.7 Å². The number of hydrogen-bond donors (Lipinski definition) is 1. The summed E-state index contributed by atoms with van der Waals surface area (Å²) in [6.45, 7) is -0.258. The van der Waals surface area contributed by atoms with Crippen molar-refractivity contribution in [2.75, 3.05) is 5.32 Å². The molecule has 8 nitrogen and oxygen atoms in total. The number of carbonyl (C=O) groups is 1. The van der Waals surface area contributed by atoms with Crippen molar-refractivity contribution in [1.29, 1.82) is 0 Å². The Hall–Kier alpha value is -3.07. The van der Waals surface area contributed by atoms with E-state index in [1.165, 1.54) is 18.5 Å². The summed E-state index contributed by atoms with van der Waals surface area (Å²) < 4.78 is 1.82. The van der Waals surface area contributed by atoms with Gasteiger partial charge in [0.15, 0.2) is 0 Å². The molecule has 25 heavy (non-hydrogen) atoms. The molecule has 0 radical (unpaired) electrons. The van der Waals surface area contributed by atoms with Gasteiger partial charge >= 0.3 is 0 Å². The molecule has 0 spiro atoms. The monoisotopic (exact) mass is 402 g/mol. The lowest BCUT2D eigenvalue weighted by molar-refractivity contribution is -0.384. The number of nitro benzene ring substituents is 1. The second-order valence-electron chi connectivity index (χ2n) is 5.16. The number of hydrogen-bond acceptors (Lipinski definition) is 5. The van der Waals surface area contributed by atoms with Crippen LogP contribution in [0, 0.1) is 10.1 Å². The molecular weight excluding hydrogens is 392 g/mol. The van der Waals surface area contributed by atoms with E-state index in [-0.39, 0.29) is 17.6 Å². The van der Waals surface area contributed by atoms with Crippen LogP contribution in [0.25, 0.3) is 10.9 Å². The quantitative estimate of drug-likeness (QED) is 0.533. The van der Waals surface area contributed by atoms with E-state index in [2.05, 4.69) is 26.2 Å². The SMILES string of the molecule is O=C(Cn1cnc2ccc([N+](=O)[O-])cc2c1=O)Nc1ccccc1Br. The summed E-state index contributed by atoms with van der Waals surface area (Å²) >= 11 is 3.32. The average molecular weight is 403 g/mol.